The van der Waals surface area contributed by atoms with Crippen molar-refractivity contribution in [1.82, 2.24) is 10.6 Å². The standard InChI is InChI=1S/C22H31N3O3S/c1-5-23-22(25-15-13-19-7-6-17(2)21(16-19)28-3)24-14-12-18-8-10-20(11-9-18)29(4,26)27/h6-11,16H,5,12-15H2,1-4H3,(H2,23,24,25). The van der Waals surface area contributed by atoms with Crippen LogP contribution in [0.1, 0.15) is 23.6 Å². The molecule has 2 aromatic carbocycles. The molecule has 0 spiro atoms. The number of methoxy groups -OCH3 is 1. The summed E-state index contributed by atoms with van der Waals surface area (Å²) in [6.45, 7) is 6.23. The van der Waals surface area contributed by atoms with E-state index in [1.165, 1.54) is 11.8 Å². The molecule has 0 fully saturated rings. The maximum atomic E-state index is 11.5. The number of benzene rings is 2. The first-order chi connectivity index (χ1) is 13.8. The number of rotatable bonds is 9. The minimum Gasteiger partial charge on any atom is -0.496 e. The minimum absolute atomic E-state index is 0.340. The maximum Gasteiger partial charge on any atom is 0.191 e. The molecule has 6 nitrogen and oxygen atoms in total. The normalized spacial score (nSPS) is 11.9. The molecule has 7 heteroatoms. The number of sulfone groups is 1. The van der Waals surface area contributed by atoms with Gasteiger partial charge in [-0.2, -0.15) is 0 Å². The zero-order valence-electron chi connectivity index (χ0n) is 17.7. The average Bonchev–Trinajstić information content (AvgIpc) is 2.69. The molecule has 0 atom stereocenters. The Balaban J connectivity index is 1.87. The van der Waals surface area contributed by atoms with E-state index in [2.05, 4.69) is 33.8 Å². The number of guanidine groups is 1. The van der Waals surface area contributed by atoms with Crippen molar-refractivity contribution in [3.63, 3.8) is 0 Å². The van der Waals surface area contributed by atoms with Crippen LogP contribution in [0.3, 0.4) is 0 Å². The Labute approximate surface area is 174 Å². The molecule has 0 saturated carbocycles. The van der Waals surface area contributed by atoms with Gasteiger partial charge in [0.1, 0.15) is 5.75 Å². The van der Waals surface area contributed by atoms with Crippen LogP contribution in [-0.2, 0) is 22.7 Å². The van der Waals surface area contributed by atoms with E-state index < -0.39 is 9.84 Å². The maximum absolute atomic E-state index is 11.5. The highest BCUT2D eigenvalue weighted by molar-refractivity contribution is 7.90. The summed E-state index contributed by atoms with van der Waals surface area (Å²) in [5.74, 6) is 1.68. The first-order valence-corrected chi connectivity index (χ1v) is 11.7. The molecule has 2 N–H and O–H groups in total. The second-order valence-electron chi connectivity index (χ2n) is 6.91. The Hall–Kier alpha value is -2.54. The minimum atomic E-state index is -3.16. The molecule has 0 radical (unpaired) electrons. The predicted molar refractivity (Wildman–Crippen MR) is 119 cm³/mol. The molecule has 0 unspecified atom stereocenters. The van der Waals surface area contributed by atoms with Crippen molar-refractivity contribution in [2.24, 2.45) is 4.99 Å². The third kappa shape index (κ3) is 7.42. The second-order valence-corrected chi connectivity index (χ2v) is 8.92. The topological polar surface area (TPSA) is 79.8 Å². The summed E-state index contributed by atoms with van der Waals surface area (Å²) in [6.07, 6.45) is 2.83. The monoisotopic (exact) mass is 417 g/mol. The van der Waals surface area contributed by atoms with Gasteiger partial charge in [0.05, 0.1) is 12.0 Å². The van der Waals surface area contributed by atoms with E-state index >= 15 is 0 Å². The van der Waals surface area contributed by atoms with Crippen molar-refractivity contribution in [3.8, 4) is 5.75 Å². The molecule has 0 bridgehead atoms. The average molecular weight is 418 g/mol. The highest BCUT2D eigenvalue weighted by Crippen LogP contribution is 2.19. The molecule has 0 aliphatic heterocycles. The molecule has 0 aliphatic rings. The van der Waals surface area contributed by atoms with Crippen LogP contribution < -0.4 is 15.4 Å². The lowest BCUT2D eigenvalue weighted by molar-refractivity contribution is 0.411. The number of aliphatic imine (C=N–C) groups is 1. The molecule has 158 valence electrons. The Bertz CT molecular complexity index is 923. The largest absolute Gasteiger partial charge is 0.496 e. The van der Waals surface area contributed by atoms with Crippen LogP contribution in [-0.4, -0.2) is 47.4 Å². The molecule has 0 heterocycles. The van der Waals surface area contributed by atoms with E-state index in [9.17, 15) is 8.42 Å². The Kier molecular flexibility index (Phi) is 8.51. The van der Waals surface area contributed by atoms with Gasteiger partial charge in [0.25, 0.3) is 0 Å². The fourth-order valence-electron chi connectivity index (χ4n) is 2.89. The van der Waals surface area contributed by atoms with E-state index in [1.807, 2.05) is 26.0 Å². The van der Waals surface area contributed by atoms with Crippen molar-refractivity contribution in [2.45, 2.75) is 31.6 Å². The number of nitrogens with zero attached hydrogens (tertiary/aromatic N) is 1. The molecule has 0 aliphatic carbocycles. The van der Waals surface area contributed by atoms with Crippen molar-refractivity contribution in [1.29, 1.82) is 0 Å². The van der Waals surface area contributed by atoms with Crippen LogP contribution in [0.5, 0.6) is 5.75 Å². The van der Waals surface area contributed by atoms with E-state index in [0.29, 0.717) is 11.4 Å². The van der Waals surface area contributed by atoms with Crippen molar-refractivity contribution in [3.05, 3.63) is 59.2 Å². The third-order valence-electron chi connectivity index (χ3n) is 4.54. The van der Waals surface area contributed by atoms with Crippen LogP contribution in [0.25, 0.3) is 0 Å². The number of hydrogen-bond donors (Lipinski definition) is 2. The van der Waals surface area contributed by atoms with Gasteiger partial charge in [-0.1, -0.05) is 24.3 Å². The lowest BCUT2D eigenvalue weighted by Crippen LogP contribution is -2.38. The number of aryl methyl sites for hydroxylation is 1. The highest BCUT2D eigenvalue weighted by atomic mass is 32.2. The van der Waals surface area contributed by atoms with Crippen molar-refractivity contribution in [2.75, 3.05) is 33.0 Å². The lowest BCUT2D eigenvalue weighted by Gasteiger charge is -2.12. The first kappa shape index (κ1) is 22.7. The zero-order valence-corrected chi connectivity index (χ0v) is 18.5. The van der Waals surface area contributed by atoms with E-state index in [4.69, 9.17) is 4.74 Å². The number of ether oxygens (including phenoxy) is 1. The zero-order chi connectivity index (χ0) is 21.3. The van der Waals surface area contributed by atoms with E-state index in [1.54, 1.807) is 19.2 Å². The Morgan fingerprint density at radius 2 is 1.72 bits per heavy atom. The highest BCUT2D eigenvalue weighted by Gasteiger charge is 2.06. The van der Waals surface area contributed by atoms with Gasteiger partial charge in [-0.05, 0) is 61.6 Å². The summed E-state index contributed by atoms with van der Waals surface area (Å²) in [6, 6.07) is 13.2. The smallest absolute Gasteiger partial charge is 0.191 e. The van der Waals surface area contributed by atoms with Crippen LogP contribution in [0.4, 0.5) is 0 Å². The van der Waals surface area contributed by atoms with Crippen LogP contribution >= 0.6 is 0 Å². The van der Waals surface area contributed by atoms with Crippen molar-refractivity contribution < 1.29 is 13.2 Å². The molecular formula is C22H31N3O3S. The summed E-state index contributed by atoms with van der Waals surface area (Å²) >= 11 is 0. The Morgan fingerprint density at radius 1 is 1.03 bits per heavy atom. The summed E-state index contributed by atoms with van der Waals surface area (Å²) in [5.41, 5.74) is 3.40. The van der Waals surface area contributed by atoms with E-state index in [-0.39, 0.29) is 0 Å². The molecule has 29 heavy (non-hydrogen) atoms. The van der Waals surface area contributed by atoms with Crippen LogP contribution in [0, 0.1) is 6.92 Å². The van der Waals surface area contributed by atoms with E-state index in [0.717, 1.165) is 48.8 Å². The number of hydrogen-bond acceptors (Lipinski definition) is 4. The van der Waals surface area contributed by atoms with Crippen LogP contribution in [0.15, 0.2) is 52.4 Å². The van der Waals surface area contributed by atoms with Crippen LogP contribution in [0.2, 0.25) is 0 Å². The third-order valence-corrected chi connectivity index (χ3v) is 5.67. The molecular weight excluding hydrogens is 386 g/mol. The fraction of sp³-hybridized carbons (Fsp3) is 0.409. The lowest BCUT2D eigenvalue weighted by atomic mass is 10.1. The second kappa shape index (κ2) is 10.9. The summed E-state index contributed by atoms with van der Waals surface area (Å²) in [7, 11) is -1.47. The SMILES string of the molecule is CCNC(=NCCc1ccc(S(C)(=O)=O)cc1)NCCc1ccc(C)c(OC)c1. The van der Waals surface area contributed by atoms with Gasteiger partial charge in [-0.25, -0.2) is 8.42 Å². The summed E-state index contributed by atoms with van der Waals surface area (Å²) in [4.78, 5) is 4.95. The fourth-order valence-corrected chi connectivity index (χ4v) is 3.52. The van der Waals surface area contributed by atoms with Gasteiger partial charge in [0, 0.05) is 25.9 Å². The molecule has 0 amide bonds. The molecule has 0 saturated heterocycles. The molecule has 2 aromatic rings. The predicted octanol–water partition coefficient (Wildman–Crippen LogP) is 2.75. The molecule has 2 rings (SSSR count). The summed E-state index contributed by atoms with van der Waals surface area (Å²) in [5, 5.41) is 6.61. The Morgan fingerprint density at radius 3 is 2.34 bits per heavy atom. The van der Waals surface area contributed by atoms with Gasteiger partial charge in [0.2, 0.25) is 0 Å². The first-order valence-electron chi connectivity index (χ1n) is 9.78. The number of nitrogens with one attached hydrogen (secondary N) is 2. The van der Waals surface area contributed by atoms with Gasteiger partial charge < -0.3 is 15.4 Å². The molecule has 0 aromatic heterocycles. The summed E-state index contributed by atoms with van der Waals surface area (Å²) < 4.78 is 28.4. The van der Waals surface area contributed by atoms with Gasteiger partial charge >= 0.3 is 0 Å². The van der Waals surface area contributed by atoms with Crippen molar-refractivity contribution >= 4 is 15.8 Å². The van der Waals surface area contributed by atoms with Gasteiger partial charge in [0.15, 0.2) is 15.8 Å². The van der Waals surface area contributed by atoms with Gasteiger partial charge in [-0.3, -0.25) is 4.99 Å². The quantitative estimate of drug-likeness (QED) is 0.484. The van der Waals surface area contributed by atoms with Gasteiger partial charge in [-0.15, -0.1) is 0 Å².